The number of anilines is 1. The Bertz CT molecular complexity index is 1350. The number of carbonyl (C=O) groups excluding carboxylic acids is 1. The molecule has 0 atom stereocenters. The van der Waals surface area contributed by atoms with Crippen molar-refractivity contribution in [2.45, 2.75) is 32.9 Å². The third kappa shape index (κ3) is 4.72. The number of nitrogens with one attached hydrogen (secondary N) is 1. The maximum atomic E-state index is 14.0. The lowest BCUT2D eigenvalue weighted by molar-refractivity contribution is -0.116. The fraction of sp³-hybridized carbons (Fsp3) is 0.238. The summed E-state index contributed by atoms with van der Waals surface area (Å²) < 4.78 is 69.6. The highest BCUT2D eigenvalue weighted by Crippen LogP contribution is 2.32. The van der Waals surface area contributed by atoms with Gasteiger partial charge in [0.15, 0.2) is 5.65 Å². The molecule has 0 radical (unpaired) electrons. The van der Waals surface area contributed by atoms with E-state index in [1.807, 2.05) is 0 Å². The van der Waals surface area contributed by atoms with Crippen molar-refractivity contribution >= 4 is 34.2 Å². The summed E-state index contributed by atoms with van der Waals surface area (Å²) in [7, 11) is 0. The molecule has 13 heteroatoms. The predicted octanol–water partition coefficient (Wildman–Crippen LogP) is 5.29. The lowest BCUT2D eigenvalue weighted by atomic mass is 10.1. The van der Waals surface area contributed by atoms with Gasteiger partial charge in [-0.3, -0.25) is 9.48 Å². The largest absolute Gasteiger partial charge is 0.322 e. The highest BCUT2D eigenvalue weighted by Gasteiger charge is 2.24. The molecular formula is C21H16ClF5N6O. The van der Waals surface area contributed by atoms with Gasteiger partial charge >= 0.3 is 0 Å². The van der Waals surface area contributed by atoms with Gasteiger partial charge in [-0.05, 0) is 25.1 Å². The summed E-state index contributed by atoms with van der Waals surface area (Å²) in [5.41, 5.74) is -1.10. The smallest absolute Gasteiger partial charge is 0.280 e. The van der Waals surface area contributed by atoms with Crippen molar-refractivity contribution in [3.8, 4) is 0 Å². The third-order valence-electron chi connectivity index (χ3n) is 4.98. The Balaban J connectivity index is 1.54. The summed E-state index contributed by atoms with van der Waals surface area (Å²) in [5.74, 6) is -1.14. The van der Waals surface area contributed by atoms with E-state index in [4.69, 9.17) is 11.6 Å². The first-order valence-corrected chi connectivity index (χ1v) is 10.2. The summed E-state index contributed by atoms with van der Waals surface area (Å²) >= 11 is 6.01. The van der Waals surface area contributed by atoms with E-state index < -0.39 is 42.4 Å². The van der Waals surface area contributed by atoms with Crippen LogP contribution in [0.15, 0.2) is 36.7 Å². The highest BCUT2D eigenvalue weighted by molar-refractivity contribution is 6.31. The van der Waals surface area contributed by atoms with Crippen molar-refractivity contribution in [3.63, 3.8) is 0 Å². The Labute approximate surface area is 194 Å². The quantitative estimate of drug-likeness (QED) is 0.351. The number of nitrogens with zero attached hydrogens (tertiary/aromatic N) is 5. The van der Waals surface area contributed by atoms with Gasteiger partial charge in [0.1, 0.15) is 18.1 Å². The zero-order valence-electron chi connectivity index (χ0n) is 17.4. The number of fused-ring (bicyclic) bond motifs is 1. The molecule has 7 nitrogen and oxygen atoms in total. The van der Waals surface area contributed by atoms with Gasteiger partial charge in [-0.2, -0.15) is 10.2 Å². The number of halogens is 6. The second kappa shape index (κ2) is 9.37. The van der Waals surface area contributed by atoms with Gasteiger partial charge in [0.2, 0.25) is 5.91 Å². The van der Waals surface area contributed by atoms with Crippen molar-refractivity contribution in [1.29, 1.82) is 0 Å². The number of hydrogen-bond acceptors (Lipinski definition) is 4. The molecule has 3 heterocycles. The Morgan fingerprint density at radius 2 is 1.97 bits per heavy atom. The SMILES string of the molecule is Cc1nn(CC(=O)Nc2cnn(Cc3c(F)cccc3Cl)c2)c2nc(C(F)F)cc(C(F)F)c12. The molecule has 0 aliphatic rings. The molecule has 0 spiro atoms. The molecule has 1 aromatic carbocycles. The molecule has 0 unspecified atom stereocenters. The summed E-state index contributed by atoms with van der Waals surface area (Å²) in [6, 6.07) is 4.92. The van der Waals surface area contributed by atoms with E-state index in [1.54, 1.807) is 0 Å². The molecule has 3 aromatic heterocycles. The van der Waals surface area contributed by atoms with Crippen molar-refractivity contribution in [2.24, 2.45) is 0 Å². The molecule has 1 N–H and O–H groups in total. The number of benzene rings is 1. The summed E-state index contributed by atoms with van der Waals surface area (Å²) in [6.45, 7) is 0.961. The van der Waals surface area contributed by atoms with E-state index in [9.17, 15) is 26.7 Å². The molecule has 4 rings (SSSR count). The van der Waals surface area contributed by atoms with Crippen LogP contribution in [0.5, 0.6) is 0 Å². The van der Waals surface area contributed by atoms with Crippen LogP contribution in [0.25, 0.3) is 11.0 Å². The van der Waals surface area contributed by atoms with E-state index in [0.717, 1.165) is 4.68 Å². The summed E-state index contributed by atoms with van der Waals surface area (Å²) in [5, 5.41) is 10.8. The summed E-state index contributed by atoms with van der Waals surface area (Å²) in [4.78, 5) is 16.3. The maximum absolute atomic E-state index is 14.0. The molecule has 0 saturated heterocycles. The Kier molecular flexibility index (Phi) is 6.51. The number of pyridine rings is 1. The van der Waals surface area contributed by atoms with Gasteiger partial charge in [0.05, 0.1) is 29.5 Å². The topological polar surface area (TPSA) is 77.6 Å². The lowest BCUT2D eigenvalue weighted by Crippen LogP contribution is -2.19. The Hall–Kier alpha value is -3.54. The van der Waals surface area contributed by atoms with Gasteiger partial charge in [0.25, 0.3) is 12.9 Å². The minimum absolute atomic E-state index is 0.0150. The van der Waals surface area contributed by atoms with Gasteiger partial charge in [-0.15, -0.1) is 0 Å². The zero-order valence-corrected chi connectivity index (χ0v) is 18.2. The number of carbonyl (C=O) groups is 1. The van der Waals surface area contributed by atoms with Crippen LogP contribution in [0.1, 0.15) is 35.4 Å². The molecule has 0 aliphatic heterocycles. The van der Waals surface area contributed by atoms with E-state index >= 15 is 0 Å². The minimum atomic E-state index is -3.08. The standard InChI is InChI=1S/C21H16ClF5N6O/c1-10-18-12(19(24)25)5-16(20(26)27)30-21(18)33(31-10)9-17(34)29-11-6-28-32(7-11)8-13-14(22)3-2-4-15(13)23/h2-7,19-20H,8-9H2,1H3,(H,29,34). The van der Waals surface area contributed by atoms with E-state index in [1.165, 1.54) is 42.2 Å². The normalized spacial score (nSPS) is 11.7. The first kappa shape index (κ1) is 23.6. The third-order valence-corrected chi connectivity index (χ3v) is 5.33. The molecule has 0 aliphatic carbocycles. The second-order valence-electron chi connectivity index (χ2n) is 7.35. The Morgan fingerprint density at radius 1 is 1.21 bits per heavy atom. The van der Waals surface area contributed by atoms with Crippen LogP contribution in [-0.2, 0) is 17.9 Å². The van der Waals surface area contributed by atoms with Crippen LogP contribution >= 0.6 is 11.6 Å². The first-order valence-electron chi connectivity index (χ1n) is 9.83. The molecular weight excluding hydrogens is 483 g/mol. The van der Waals surface area contributed by atoms with Crippen LogP contribution < -0.4 is 5.32 Å². The minimum Gasteiger partial charge on any atom is -0.322 e. The van der Waals surface area contributed by atoms with Crippen molar-refractivity contribution < 1.29 is 26.7 Å². The van der Waals surface area contributed by atoms with E-state index in [2.05, 4.69) is 20.5 Å². The number of alkyl halides is 4. The van der Waals surface area contributed by atoms with E-state index in [-0.39, 0.29) is 39.5 Å². The predicted molar refractivity (Wildman–Crippen MR) is 114 cm³/mol. The van der Waals surface area contributed by atoms with Crippen LogP contribution in [-0.4, -0.2) is 30.5 Å². The highest BCUT2D eigenvalue weighted by atomic mass is 35.5. The average Bonchev–Trinajstić information content (AvgIpc) is 3.34. The summed E-state index contributed by atoms with van der Waals surface area (Å²) in [6.07, 6.45) is -3.34. The lowest BCUT2D eigenvalue weighted by Gasteiger charge is -2.08. The number of hydrogen-bond donors (Lipinski definition) is 1. The van der Waals surface area contributed by atoms with Crippen LogP contribution in [0.2, 0.25) is 5.02 Å². The van der Waals surface area contributed by atoms with Crippen molar-refractivity contribution in [1.82, 2.24) is 24.5 Å². The average molecular weight is 499 g/mol. The molecule has 1 amide bonds. The van der Waals surface area contributed by atoms with Gasteiger partial charge in [0, 0.05) is 22.3 Å². The number of aryl methyl sites for hydroxylation is 1. The molecule has 0 fully saturated rings. The van der Waals surface area contributed by atoms with Crippen LogP contribution in [0, 0.1) is 12.7 Å². The molecule has 4 aromatic rings. The van der Waals surface area contributed by atoms with Crippen LogP contribution in [0.3, 0.4) is 0 Å². The first-order chi connectivity index (χ1) is 16.1. The molecule has 0 bridgehead atoms. The monoisotopic (exact) mass is 498 g/mol. The number of amides is 1. The Morgan fingerprint density at radius 3 is 2.65 bits per heavy atom. The van der Waals surface area contributed by atoms with Crippen molar-refractivity contribution in [2.75, 3.05) is 5.32 Å². The van der Waals surface area contributed by atoms with Gasteiger partial charge in [-0.25, -0.2) is 31.6 Å². The fourth-order valence-corrected chi connectivity index (χ4v) is 3.72. The zero-order chi connectivity index (χ0) is 24.6. The second-order valence-corrected chi connectivity index (χ2v) is 7.76. The van der Waals surface area contributed by atoms with Crippen molar-refractivity contribution in [3.05, 3.63) is 70.0 Å². The fourth-order valence-electron chi connectivity index (χ4n) is 3.50. The van der Waals surface area contributed by atoms with Gasteiger partial charge in [-0.1, -0.05) is 17.7 Å². The number of rotatable bonds is 7. The number of aromatic nitrogens is 5. The molecule has 178 valence electrons. The van der Waals surface area contributed by atoms with Crippen LogP contribution in [0.4, 0.5) is 27.6 Å². The van der Waals surface area contributed by atoms with Gasteiger partial charge < -0.3 is 5.32 Å². The maximum Gasteiger partial charge on any atom is 0.280 e. The van der Waals surface area contributed by atoms with E-state index in [0.29, 0.717) is 6.07 Å². The molecule has 0 saturated carbocycles. The molecule has 34 heavy (non-hydrogen) atoms.